The number of nitrogens with zero attached hydrogens (tertiary/aromatic N) is 4. The van der Waals surface area contributed by atoms with E-state index in [0.717, 1.165) is 45.1 Å². The van der Waals surface area contributed by atoms with Crippen molar-refractivity contribution in [3.63, 3.8) is 0 Å². The molecule has 1 saturated heterocycles. The van der Waals surface area contributed by atoms with Gasteiger partial charge >= 0.3 is 0 Å². The molecule has 1 aromatic heterocycles. The van der Waals surface area contributed by atoms with Crippen LogP contribution < -0.4 is 5.32 Å². The monoisotopic (exact) mass is 265 g/mol. The second-order valence-corrected chi connectivity index (χ2v) is 5.44. The molecule has 0 saturated carbocycles. The molecule has 3 heterocycles. The molecule has 2 unspecified atom stereocenters. The lowest BCUT2D eigenvalue weighted by Gasteiger charge is -2.29. The van der Waals surface area contributed by atoms with Gasteiger partial charge in [0, 0.05) is 26.2 Å². The molecule has 1 fully saturated rings. The standard InChI is InChI=1S/C13H23N5O/c1-2-14-7-11-3-4-12(19-11)8-17-5-6-18-10-15-16-13(18)9-17/h10-12,14H,2-9H2,1H3. The van der Waals surface area contributed by atoms with Crippen LogP contribution in [0.3, 0.4) is 0 Å². The Morgan fingerprint density at radius 1 is 1.37 bits per heavy atom. The first-order valence-electron chi connectivity index (χ1n) is 7.30. The molecule has 0 amide bonds. The van der Waals surface area contributed by atoms with Gasteiger partial charge in [-0.25, -0.2) is 0 Å². The summed E-state index contributed by atoms with van der Waals surface area (Å²) in [7, 11) is 0. The average molecular weight is 265 g/mol. The molecular weight excluding hydrogens is 242 g/mol. The summed E-state index contributed by atoms with van der Waals surface area (Å²) in [4.78, 5) is 2.43. The molecule has 0 aliphatic carbocycles. The first-order chi connectivity index (χ1) is 9.35. The van der Waals surface area contributed by atoms with Crippen LogP contribution in [-0.4, -0.2) is 58.1 Å². The molecule has 19 heavy (non-hydrogen) atoms. The largest absolute Gasteiger partial charge is 0.372 e. The van der Waals surface area contributed by atoms with Crippen LogP contribution in [0.4, 0.5) is 0 Å². The Morgan fingerprint density at radius 2 is 2.26 bits per heavy atom. The van der Waals surface area contributed by atoms with Crippen LogP contribution in [0, 0.1) is 0 Å². The zero-order chi connectivity index (χ0) is 13.1. The number of rotatable bonds is 5. The van der Waals surface area contributed by atoms with Gasteiger partial charge in [-0.05, 0) is 19.4 Å². The third-order valence-electron chi connectivity index (χ3n) is 4.00. The Morgan fingerprint density at radius 3 is 3.16 bits per heavy atom. The minimum Gasteiger partial charge on any atom is -0.372 e. The predicted molar refractivity (Wildman–Crippen MR) is 71.7 cm³/mol. The van der Waals surface area contributed by atoms with E-state index in [0.29, 0.717) is 12.2 Å². The van der Waals surface area contributed by atoms with Gasteiger partial charge in [-0.2, -0.15) is 0 Å². The van der Waals surface area contributed by atoms with Crippen molar-refractivity contribution in [1.82, 2.24) is 25.0 Å². The molecule has 3 rings (SSSR count). The van der Waals surface area contributed by atoms with Crippen LogP contribution in [0.1, 0.15) is 25.6 Å². The third-order valence-corrected chi connectivity index (χ3v) is 4.00. The Bertz CT molecular complexity index is 407. The maximum atomic E-state index is 6.09. The highest BCUT2D eigenvalue weighted by Crippen LogP contribution is 2.21. The first kappa shape index (κ1) is 13.0. The summed E-state index contributed by atoms with van der Waals surface area (Å²) in [5, 5.41) is 11.5. The molecule has 0 bridgehead atoms. The van der Waals surface area contributed by atoms with Gasteiger partial charge in [0.05, 0.1) is 18.8 Å². The SMILES string of the molecule is CCNCC1CCC(CN2CCn3cnnc3C2)O1. The summed E-state index contributed by atoms with van der Waals surface area (Å²) in [6, 6.07) is 0. The summed E-state index contributed by atoms with van der Waals surface area (Å²) in [6.45, 7) is 8.13. The topological polar surface area (TPSA) is 55.2 Å². The highest BCUT2D eigenvalue weighted by atomic mass is 16.5. The van der Waals surface area contributed by atoms with E-state index >= 15 is 0 Å². The number of aromatic nitrogens is 3. The summed E-state index contributed by atoms with van der Waals surface area (Å²) in [5.74, 6) is 1.08. The van der Waals surface area contributed by atoms with Crippen molar-refractivity contribution in [2.45, 2.75) is 45.1 Å². The van der Waals surface area contributed by atoms with E-state index in [4.69, 9.17) is 4.74 Å². The smallest absolute Gasteiger partial charge is 0.147 e. The molecule has 2 aliphatic heterocycles. The molecule has 1 N–H and O–H groups in total. The van der Waals surface area contributed by atoms with Gasteiger partial charge in [-0.15, -0.1) is 10.2 Å². The van der Waals surface area contributed by atoms with E-state index in [-0.39, 0.29) is 0 Å². The second kappa shape index (κ2) is 5.98. The van der Waals surface area contributed by atoms with E-state index in [9.17, 15) is 0 Å². The van der Waals surface area contributed by atoms with E-state index in [1.807, 2.05) is 6.33 Å². The fourth-order valence-electron chi connectivity index (χ4n) is 2.93. The van der Waals surface area contributed by atoms with Crippen LogP contribution in [-0.2, 0) is 17.8 Å². The van der Waals surface area contributed by atoms with Crippen molar-refractivity contribution in [3.05, 3.63) is 12.2 Å². The van der Waals surface area contributed by atoms with Crippen LogP contribution in [0.2, 0.25) is 0 Å². The van der Waals surface area contributed by atoms with Crippen molar-refractivity contribution >= 4 is 0 Å². The summed E-state index contributed by atoms with van der Waals surface area (Å²) in [5.41, 5.74) is 0. The Balaban J connectivity index is 1.46. The zero-order valence-electron chi connectivity index (χ0n) is 11.6. The van der Waals surface area contributed by atoms with Crippen molar-refractivity contribution < 1.29 is 4.74 Å². The molecular formula is C13H23N5O. The van der Waals surface area contributed by atoms with Crippen LogP contribution in [0.15, 0.2) is 6.33 Å². The van der Waals surface area contributed by atoms with E-state index < -0.39 is 0 Å². The minimum absolute atomic E-state index is 0.387. The van der Waals surface area contributed by atoms with Crippen LogP contribution in [0.5, 0.6) is 0 Å². The number of hydrogen-bond donors (Lipinski definition) is 1. The second-order valence-electron chi connectivity index (χ2n) is 5.44. The molecule has 0 spiro atoms. The van der Waals surface area contributed by atoms with Gasteiger partial charge in [0.15, 0.2) is 0 Å². The van der Waals surface area contributed by atoms with E-state index in [1.54, 1.807) is 0 Å². The number of likely N-dealkylation sites (N-methyl/N-ethyl adjacent to an activating group) is 1. The van der Waals surface area contributed by atoms with E-state index in [2.05, 4.69) is 31.9 Å². The fraction of sp³-hybridized carbons (Fsp3) is 0.846. The Labute approximate surface area is 114 Å². The van der Waals surface area contributed by atoms with Crippen molar-refractivity contribution in [1.29, 1.82) is 0 Å². The maximum absolute atomic E-state index is 6.09. The molecule has 2 atom stereocenters. The first-order valence-corrected chi connectivity index (χ1v) is 7.30. The van der Waals surface area contributed by atoms with Crippen molar-refractivity contribution in [3.8, 4) is 0 Å². The number of nitrogens with one attached hydrogen (secondary N) is 1. The van der Waals surface area contributed by atoms with Gasteiger partial charge in [-0.1, -0.05) is 6.92 Å². The van der Waals surface area contributed by atoms with Crippen molar-refractivity contribution in [2.24, 2.45) is 0 Å². The number of fused-ring (bicyclic) bond motifs is 1. The zero-order valence-corrected chi connectivity index (χ0v) is 11.6. The highest BCUT2D eigenvalue weighted by molar-refractivity contribution is 4.91. The normalized spacial score (nSPS) is 27.6. The van der Waals surface area contributed by atoms with Crippen molar-refractivity contribution in [2.75, 3.05) is 26.2 Å². The molecule has 2 aliphatic rings. The third kappa shape index (κ3) is 3.13. The summed E-state index contributed by atoms with van der Waals surface area (Å²) in [6.07, 6.45) is 4.98. The predicted octanol–water partition coefficient (Wildman–Crippen LogP) is 0.251. The molecule has 1 aromatic rings. The average Bonchev–Trinajstić information content (AvgIpc) is 3.05. The summed E-state index contributed by atoms with van der Waals surface area (Å²) >= 11 is 0. The molecule has 6 nitrogen and oxygen atoms in total. The van der Waals surface area contributed by atoms with Gasteiger partial charge in [0.1, 0.15) is 12.2 Å². The summed E-state index contributed by atoms with van der Waals surface area (Å²) < 4.78 is 8.23. The lowest BCUT2D eigenvalue weighted by Crippen LogP contribution is -2.39. The van der Waals surface area contributed by atoms with E-state index in [1.165, 1.54) is 12.8 Å². The minimum atomic E-state index is 0.387. The van der Waals surface area contributed by atoms with Gasteiger partial charge in [-0.3, -0.25) is 4.90 Å². The lowest BCUT2D eigenvalue weighted by atomic mass is 10.2. The molecule has 106 valence electrons. The van der Waals surface area contributed by atoms with Crippen LogP contribution in [0.25, 0.3) is 0 Å². The molecule has 6 heteroatoms. The van der Waals surface area contributed by atoms with Crippen LogP contribution >= 0.6 is 0 Å². The van der Waals surface area contributed by atoms with Gasteiger partial charge in [0.25, 0.3) is 0 Å². The Kier molecular flexibility index (Phi) is 4.10. The highest BCUT2D eigenvalue weighted by Gasteiger charge is 2.28. The lowest BCUT2D eigenvalue weighted by molar-refractivity contribution is 0.0182. The quantitative estimate of drug-likeness (QED) is 0.827. The number of ether oxygens (including phenoxy) is 1. The number of hydrogen-bond acceptors (Lipinski definition) is 5. The maximum Gasteiger partial charge on any atom is 0.147 e. The van der Waals surface area contributed by atoms with Gasteiger partial charge < -0.3 is 14.6 Å². The molecule has 0 aromatic carbocycles. The fourth-order valence-corrected chi connectivity index (χ4v) is 2.93. The Hall–Kier alpha value is -0.980. The van der Waals surface area contributed by atoms with Gasteiger partial charge in [0.2, 0.25) is 0 Å². The molecule has 0 radical (unpaired) electrons.